The van der Waals surface area contributed by atoms with Crippen molar-refractivity contribution in [2.75, 3.05) is 19.7 Å². The van der Waals surface area contributed by atoms with Gasteiger partial charge in [0, 0.05) is 18.3 Å². The molecule has 0 unspecified atom stereocenters. The highest BCUT2D eigenvalue weighted by Crippen LogP contribution is 2.28. The number of aryl methyl sites for hydroxylation is 1. The maximum Gasteiger partial charge on any atom is 0.264 e. The zero-order valence-electron chi connectivity index (χ0n) is 12.7. The number of carbonyl (C=O) groups excluding carboxylic acids is 1. The molecule has 0 spiro atoms. The summed E-state index contributed by atoms with van der Waals surface area (Å²) < 4.78 is 8.73. The lowest BCUT2D eigenvalue weighted by molar-refractivity contribution is -0.0279. The van der Waals surface area contributed by atoms with E-state index in [1.165, 1.54) is 11.3 Å². The lowest BCUT2D eigenvalue weighted by Crippen LogP contribution is -2.42. The van der Waals surface area contributed by atoms with Gasteiger partial charge in [-0.2, -0.15) is 0 Å². The Bertz CT molecular complexity index is 824. The molecule has 3 heterocycles. The van der Waals surface area contributed by atoms with E-state index in [1.807, 2.05) is 46.8 Å². The second-order valence-electron chi connectivity index (χ2n) is 5.56. The smallest absolute Gasteiger partial charge is 0.264 e. The standard InChI is InChI=1S/C16H16N4O2S/c1-19-10-17-18-15(19)12-9-20(6-7-22-12)16(21)14-8-11-4-2-3-5-13(11)23-14/h2-5,8,10,12H,6-7,9H2,1H3/t12-/m1/s1. The molecule has 1 aliphatic heterocycles. The molecule has 1 aliphatic rings. The second kappa shape index (κ2) is 5.75. The average Bonchev–Trinajstić information content (AvgIpc) is 3.20. The van der Waals surface area contributed by atoms with Crippen LogP contribution in [0.5, 0.6) is 0 Å². The van der Waals surface area contributed by atoms with Crippen LogP contribution in [0, 0.1) is 0 Å². The first-order valence-corrected chi connectivity index (χ1v) is 8.27. The number of nitrogens with zero attached hydrogens (tertiary/aromatic N) is 4. The number of carbonyl (C=O) groups is 1. The van der Waals surface area contributed by atoms with Gasteiger partial charge >= 0.3 is 0 Å². The van der Waals surface area contributed by atoms with Gasteiger partial charge in [-0.3, -0.25) is 4.79 Å². The molecule has 2 aromatic heterocycles. The molecule has 1 aromatic carbocycles. The van der Waals surface area contributed by atoms with Crippen molar-refractivity contribution < 1.29 is 9.53 Å². The fraction of sp³-hybridized carbons (Fsp3) is 0.312. The maximum absolute atomic E-state index is 12.8. The number of benzene rings is 1. The van der Waals surface area contributed by atoms with Crippen molar-refractivity contribution in [1.29, 1.82) is 0 Å². The molecule has 23 heavy (non-hydrogen) atoms. The molecule has 0 bridgehead atoms. The molecule has 1 atom stereocenters. The van der Waals surface area contributed by atoms with Gasteiger partial charge in [0.1, 0.15) is 12.4 Å². The van der Waals surface area contributed by atoms with E-state index in [0.29, 0.717) is 19.7 Å². The fourth-order valence-corrected chi connectivity index (χ4v) is 3.85. The summed E-state index contributed by atoms with van der Waals surface area (Å²) in [6.45, 7) is 1.61. The number of rotatable bonds is 2. The topological polar surface area (TPSA) is 60.2 Å². The summed E-state index contributed by atoms with van der Waals surface area (Å²) >= 11 is 1.54. The fourth-order valence-electron chi connectivity index (χ4n) is 2.82. The Morgan fingerprint density at radius 1 is 1.39 bits per heavy atom. The minimum absolute atomic E-state index is 0.0571. The van der Waals surface area contributed by atoms with Crippen LogP contribution < -0.4 is 0 Å². The Labute approximate surface area is 137 Å². The minimum atomic E-state index is -0.227. The summed E-state index contributed by atoms with van der Waals surface area (Å²) in [5, 5.41) is 9.09. The van der Waals surface area contributed by atoms with Crippen LogP contribution in [0.15, 0.2) is 36.7 Å². The molecule has 1 saturated heterocycles. The molecule has 6 nitrogen and oxygen atoms in total. The Morgan fingerprint density at radius 3 is 3.04 bits per heavy atom. The third kappa shape index (κ3) is 2.62. The van der Waals surface area contributed by atoms with E-state index in [1.54, 1.807) is 6.33 Å². The summed E-state index contributed by atoms with van der Waals surface area (Å²) in [5.41, 5.74) is 0. The van der Waals surface area contributed by atoms with Crippen molar-refractivity contribution in [3.8, 4) is 0 Å². The number of thiophene rings is 1. The summed E-state index contributed by atoms with van der Waals surface area (Å²) in [7, 11) is 1.88. The van der Waals surface area contributed by atoms with E-state index in [2.05, 4.69) is 10.2 Å². The van der Waals surface area contributed by atoms with Crippen LogP contribution in [0.3, 0.4) is 0 Å². The number of fused-ring (bicyclic) bond motifs is 1. The van der Waals surface area contributed by atoms with Crippen LogP contribution in [0.4, 0.5) is 0 Å². The van der Waals surface area contributed by atoms with Crippen LogP contribution in [0.2, 0.25) is 0 Å². The normalized spacial score (nSPS) is 18.5. The molecular formula is C16H16N4O2S. The van der Waals surface area contributed by atoms with Gasteiger partial charge in [-0.05, 0) is 17.5 Å². The first kappa shape index (κ1) is 14.3. The summed E-state index contributed by atoms with van der Waals surface area (Å²) in [6.07, 6.45) is 1.42. The molecular weight excluding hydrogens is 312 g/mol. The van der Waals surface area contributed by atoms with Crippen LogP contribution in [0.25, 0.3) is 10.1 Å². The minimum Gasteiger partial charge on any atom is -0.366 e. The zero-order valence-corrected chi connectivity index (χ0v) is 13.5. The first-order chi connectivity index (χ1) is 11.2. The van der Waals surface area contributed by atoms with Gasteiger partial charge in [-0.15, -0.1) is 21.5 Å². The molecule has 3 aromatic rings. The first-order valence-electron chi connectivity index (χ1n) is 7.46. The summed E-state index contributed by atoms with van der Waals surface area (Å²) in [4.78, 5) is 15.4. The SMILES string of the molecule is Cn1cnnc1[C@H]1CN(C(=O)c2cc3ccccc3s2)CCO1. The third-order valence-corrected chi connectivity index (χ3v) is 5.13. The van der Waals surface area contributed by atoms with Gasteiger partial charge in [0.2, 0.25) is 0 Å². The lowest BCUT2D eigenvalue weighted by Gasteiger charge is -2.32. The lowest BCUT2D eigenvalue weighted by atomic mass is 10.2. The van der Waals surface area contributed by atoms with Crippen molar-refractivity contribution >= 4 is 27.3 Å². The van der Waals surface area contributed by atoms with E-state index in [0.717, 1.165) is 20.8 Å². The molecule has 4 rings (SSSR count). The second-order valence-corrected chi connectivity index (χ2v) is 6.64. The van der Waals surface area contributed by atoms with Crippen LogP contribution in [-0.4, -0.2) is 45.3 Å². The van der Waals surface area contributed by atoms with Gasteiger partial charge in [0.15, 0.2) is 5.82 Å². The predicted molar refractivity (Wildman–Crippen MR) is 87.4 cm³/mol. The highest BCUT2D eigenvalue weighted by atomic mass is 32.1. The largest absolute Gasteiger partial charge is 0.366 e. The molecule has 0 saturated carbocycles. The van der Waals surface area contributed by atoms with E-state index in [-0.39, 0.29) is 12.0 Å². The zero-order chi connectivity index (χ0) is 15.8. The Morgan fingerprint density at radius 2 is 2.26 bits per heavy atom. The predicted octanol–water partition coefficient (Wildman–Crippen LogP) is 2.24. The number of amides is 1. The average molecular weight is 328 g/mol. The van der Waals surface area contributed by atoms with Crippen LogP contribution >= 0.6 is 11.3 Å². The Hall–Kier alpha value is -2.25. The van der Waals surface area contributed by atoms with Gasteiger partial charge in [-0.1, -0.05) is 18.2 Å². The summed E-state index contributed by atoms with van der Waals surface area (Å²) in [6, 6.07) is 10.0. The molecule has 0 N–H and O–H groups in total. The van der Waals surface area contributed by atoms with E-state index >= 15 is 0 Å². The Balaban J connectivity index is 1.57. The number of hydrogen-bond acceptors (Lipinski definition) is 5. The van der Waals surface area contributed by atoms with Gasteiger partial charge in [0.05, 0.1) is 18.0 Å². The van der Waals surface area contributed by atoms with Crippen molar-refractivity contribution in [1.82, 2.24) is 19.7 Å². The Kier molecular flexibility index (Phi) is 3.59. The van der Waals surface area contributed by atoms with Gasteiger partial charge in [0.25, 0.3) is 5.91 Å². The molecule has 1 fully saturated rings. The molecule has 1 amide bonds. The van der Waals surface area contributed by atoms with Crippen molar-refractivity contribution in [2.45, 2.75) is 6.10 Å². The highest BCUT2D eigenvalue weighted by molar-refractivity contribution is 7.20. The van der Waals surface area contributed by atoms with E-state index < -0.39 is 0 Å². The third-order valence-electron chi connectivity index (χ3n) is 4.02. The summed E-state index contributed by atoms with van der Waals surface area (Å²) in [5.74, 6) is 0.806. The van der Waals surface area contributed by atoms with Crippen molar-refractivity contribution in [3.63, 3.8) is 0 Å². The van der Waals surface area contributed by atoms with Crippen LogP contribution in [0.1, 0.15) is 21.6 Å². The van der Waals surface area contributed by atoms with Crippen molar-refractivity contribution in [3.05, 3.63) is 47.4 Å². The number of hydrogen-bond donors (Lipinski definition) is 0. The quantitative estimate of drug-likeness (QED) is 0.724. The molecule has 0 aliphatic carbocycles. The monoisotopic (exact) mass is 328 g/mol. The molecule has 118 valence electrons. The van der Waals surface area contributed by atoms with E-state index in [4.69, 9.17) is 4.74 Å². The number of ether oxygens (including phenoxy) is 1. The maximum atomic E-state index is 12.8. The van der Waals surface area contributed by atoms with Gasteiger partial charge < -0.3 is 14.2 Å². The molecule has 0 radical (unpaired) electrons. The highest BCUT2D eigenvalue weighted by Gasteiger charge is 2.29. The van der Waals surface area contributed by atoms with Crippen LogP contribution in [-0.2, 0) is 11.8 Å². The van der Waals surface area contributed by atoms with Crippen molar-refractivity contribution in [2.24, 2.45) is 7.05 Å². The van der Waals surface area contributed by atoms with Gasteiger partial charge in [-0.25, -0.2) is 0 Å². The molecule has 7 heteroatoms. The van der Waals surface area contributed by atoms with E-state index in [9.17, 15) is 4.79 Å². The number of morpholine rings is 1. The number of aromatic nitrogens is 3.